The quantitative estimate of drug-likeness (QED) is 0.705. The zero-order valence-corrected chi connectivity index (χ0v) is 9.48. The fraction of sp³-hybridized carbons (Fsp3) is 0.900. The molecular weight excluding hydrogens is 190 g/mol. The first kappa shape index (κ1) is 10.5. The second kappa shape index (κ2) is 4.70. The number of aromatic nitrogens is 4. The van der Waals surface area contributed by atoms with E-state index in [0.29, 0.717) is 0 Å². The highest BCUT2D eigenvalue weighted by Crippen LogP contribution is 2.38. The van der Waals surface area contributed by atoms with Crippen molar-refractivity contribution in [1.82, 2.24) is 25.5 Å². The molecule has 0 radical (unpaired) electrons. The van der Waals surface area contributed by atoms with Crippen LogP contribution in [0.3, 0.4) is 0 Å². The molecule has 0 bridgehead atoms. The summed E-state index contributed by atoms with van der Waals surface area (Å²) in [4.78, 5) is 0. The van der Waals surface area contributed by atoms with Crippen LogP contribution in [-0.4, -0.2) is 26.8 Å². The van der Waals surface area contributed by atoms with E-state index >= 15 is 0 Å². The highest BCUT2D eigenvalue weighted by atomic mass is 15.5. The highest BCUT2D eigenvalue weighted by Gasteiger charge is 2.33. The van der Waals surface area contributed by atoms with Crippen molar-refractivity contribution in [2.24, 2.45) is 11.8 Å². The number of hydrogen-bond acceptors (Lipinski definition) is 4. The molecule has 2 atom stereocenters. The lowest BCUT2D eigenvalue weighted by molar-refractivity contribution is 0.494. The molecule has 5 heteroatoms. The number of tetrazole rings is 1. The molecule has 1 heterocycles. The van der Waals surface area contributed by atoms with E-state index in [2.05, 4.69) is 34.7 Å². The molecular formula is C10H19N5. The van der Waals surface area contributed by atoms with E-state index < -0.39 is 0 Å². The molecule has 0 spiro atoms. The Morgan fingerprint density at radius 3 is 3.00 bits per heavy atom. The van der Waals surface area contributed by atoms with Gasteiger partial charge in [-0.25, -0.2) is 4.68 Å². The van der Waals surface area contributed by atoms with Gasteiger partial charge in [0.15, 0.2) is 5.82 Å². The van der Waals surface area contributed by atoms with Gasteiger partial charge in [-0.3, -0.25) is 0 Å². The third-order valence-electron chi connectivity index (χ3n) is 3.00. The second-order valence-electron chi connectivity index (χ2n) is 4.43. The molecule has 2 rings (SSSR count). The number of nitrogens with zero attached hydrogens (tertiary/aromatic N) is 4. The van der Waals surface area contributed by atoms with Gasteiger partial charge in [-0.05, 0) is 41.6 Å². The summed E-state index contributed by atoms with van der Waals surface area (Å²) in [6.07, 6.45) is 2.46. The Balaban J connectivity index is 1.84. The Labute approximate surface area is 90.2 Å². The average Bonchev–Trinajstić information content (AvgIpc) is 2.75. The fourth-order valence-electron chi connectivity index (χ4n) is 1.74. The Bertz CT molecular complexity index is 309. The Hall–Kier alpha value is -0.970. The first-order valence-electron chi connectivity index (χ1n) is 5.77. The lowest BCUT2D eigenvalue weighted by atomic mass is 10.3. The smallest absolute Gasteiger partial charge is 0.165 e. The standard InChI is InChI=1S/C10H19N5/c1-3-4-11-6-10-12-13-14-15(10)7-9-5-8(9)2/h8-9,11H,3-7H2,1-2H3. The summed E-state index contributed by atoms with van der Waals surface area (Å²) < 4.78 is 1.94. The SMILES string of the molecule is CCCNCc1nnnn1CC1CC1C. The molecule has 0 aromatic carbocycles. The zero-order chi connectivity index (χ0) is 10.7. The lowest BCUT2D eigenvalue weighted by Crippen LogP contribution is -2.18. The molecule has 0 amide bonds. The van der Waals surface area contributed by atoms with Gasteiger partial charge in [0.05, 0.1) is 6.54 Å². The number of rotatable bonds is 6. The van der Waals surface area contributed by atoms with Crippen LogP contribution in [0.1, 0.15) is 32.5 Å². The number of nitrogens with one attached hydrogen (secondary N) is 1. The van der Waals surface area contributed by atoms with Crippen molar-refractivity contribution in [3.8, 4) is 0 Å². The lowest BCUT2D eigenvalue weighted by Gasteiger charge is -2.04. The van der Waals surface area contributed by atoms with Gasteiger partial charge in [-0.2, -0.15) is 0 Å². The van der Waals surface area contributed by atoms with E-state index in [4.69, 9.17) is 0 Å². The van der Waals surface area contributed by atoms with E-state index in [1.807, 2.05) is 4.68 Å². The second-order valence-corrected chi connectivity index (χ2v) is 4.43. The first-order valence-corrected chi connectivity index (χ1v) is 5.77. The van der Waals surface area contributed by atoms with Crippen LogP contribution < -0.4 is 5.32 Å². The van der Waals surface area contributed by atoms with Crippen LogP contribution in [0.5, 0.6) is 0 Å². The third-order valence-corrected chi connectivity index (χ3v) is 3.00. The molecule has 15 heavy (non-hydrogen) atoms. The molecule has 1 fully saturated rings. The number of hydrogen-bond donors (Lipinski definition) is 1. The van der Waals surface area contributed by atoms with Crippen LogP contribution in [0.4, 0.5) is 0 Å². The summed E-state index contributed by atoms with van der Waals surface area (Å²) in [7, 11) is 0. The van der Waals surface area contributed by atoms with Crippen molar-refractivity contribution in [3.05, 3.63) is 5.82 Å². The van der Waals surface area contributed by atoms with Gasteiger partial charge in [0, 0.05) is 6.54 Å². The Kier molecular flexibility index (Phi) is 3.30. The molecule has 2 unspecified atom stereocenters. The van der Waals surface area contributed by atoms with E-state index in [9.17, 15) is 0 Å². The molecule has 0 saturated heterocycles. The van der Waals surface area contributed by atoms with Crippen LogP contribution >= 0.6 is 0 Å². The largest absolute Gasteiger partial charge is 0.310 e. The Morgan fingerprint density at radius 1 is 1.53 bits per heavy atom. The molecule has 1 aromatic heterocycles. The van der Waals surface area contributed by atoms with Gasteiger partial charge in [0.1, 0.15) is 0 Å². The fourth-order valence-corrected chi connectivity index (χ4v) is 1.74. The molecule has 1 aliphatic rings. The van der Waals surface area contributed by atoms with Crippen molar-refractivity contribution >= 4 is 0 Å². The summed E-state index contributed by atoms with van der Waals surface area (Å²) in [6, 6.07) is 0. The minimum Gasteiger partial charge on any atom is -0.310 e. The van der Waals surface area contributed by atoms with E-state index in [0.717, 1.165) is 43.7 Å². The Morgan fingerprint density at radius 2 is 2.33 bits per heavy atom. The first-order chi connectivity index (χ1) is 7.31. The van der Waals surface area contributed by atoms with Crippen LogP contribution in [-0.2, 0) is 13.1 Å². The van der Waals surface area contributed by atoms with Crippen LogP contribution in [0.25, 0.3) is 0 Å². The van der Waals surface area contributed by atoms with Crippen molar-refractivity contribution in [2.45, 2.75) is 39.8 Å². The van der Waals surface area contributed by atoms with Crippen LogP contribution in [0.2, 0.25) is 0 Å². The summed E-state index contributed by atoms with van der Waals surface area (Å²) in [5.74, 6) is 2.60. The maximum atomic E-state index is 4.03. The maximum Gasteiger partial charge on any atom is 0.165 e. The molecule has 5 nitrogen and oxygen atoms in total. The molecule has 1 N–H and O–H groups in total. The minimum atomic E-state index is 0.780. The van der Waals surface area contributed by atoms with E-state index in [1.54, 1.807) is 0 Å². The molecule has 1 aromatic rings. The van der Waals surface area contributed by atoms with Gasteiger partial charge >= 0.3 is 0 Å². The predicted molar refractivity (Wildman–Crippen MR) is 57.1 cm³/mol. The third kappa shape index (κ3) is 2.75. The van der Waals surface area contributed by atoms with Crippen molar-refractivity contribution < 1.29 is 0 Å². The van der Waals surface area contributed by atoms with Crippen molar-refractivity contribution in [2.75, 3.05) is 6.54 Å². The summed E-state index contributed by atoms with van der Waals surface area (Å²) in [6.45, 7) is 7.22. The monoisotopic (exact) mass is 209 g/mol. The summed E-state index contributed by atoms with van der Waals surface area (Å²) >= 11 is 0. The van der Waals surface area contributed by atoms with E-state index in [1.165, 1.54) is 6.42 Å². The summed E-state index contributed by atoms with van der Waals surface area (Å²) in [5, 5.41) is 15.1. The topological polar surface area (TPSA) is 55.6 Å². The van der Waals surface area contributed by atoms with Gasteiger partial charge in [0.2, 0.25) is 0 Å². The van der Waals surface area contributed by atoms with Gasteiger partial charge in [-0.15, -0.1) is 5.10 Å². The van der Waals surface area contributed by atoms with Crippen LogP contribution in [0.15, 0.2) is 0 Å². The van der Waals surface area contributed by atoms with Crippen molar-refractivity contribution in [1.29, 1.82) is 0 Å². The van der Waals surface area contributed by atoms with Gasteiger partial charge in [0.25, 0.3) is 0 Å². The van der Waals surface area contributed by atoms with Crippen LogP contribution in [0, 0.1) is 11.8 Å². The molecule has 1 saturated carbocycles. The van der Waals surface area contributed by atoms with E-state index in [-0.39, 0.29) is 0 Å². The minimum absolute atomic E-state index is 0.780. The van der Waals surface area contributed by atoms with Gasteiger partial charge in [-0.1, -0.05) is 13.8 Å². The van der Waals surface area contributed by atoms with Crippen molar-refractivity contribution in [3.63, 3.8) is 0 Å². The highest BCUT2D eigenvalue weighted by molar-refractivity contribution is 4.86. The zero-order valence-electron chi connectivity index (χ0n) is 9.48. The average molecular weight is 209 g/mol. The molecule has 84 valence electrons. The molecule has 1 aliphatic carbocycles. The molecule has 0 aliphatic heterocycles. The normalized spacial score (nSPS) is 24.4. The maximum absolute atomic E-state index is 4.03. The van der Waals surface area contributed by atoms with Gasteiger partial charge < -0.3 is 5.32 Å². The predicted octanol–water partition coefficient (Wildman–Crippen LogP) is 0.829. The summed E-state index contributed by atoms with van der Waals surface area (Å²) in [5.41, 5.74) is 0.